The van der Waals surface area contributed by atoms with Crippen LogP contribution >= 0.6 is 15.2 Å². The highest BCUT2D eigenvalue weighted by molar-refractivity contribution is 7.74. The first-order valence-electron chi connectivity index (χ1n) is 12.2. The lowest BCUT2D eigenvalue weighted by molar-refractivity contribution is 0.0386. The monoisotopic (exact) mass is 524 g/mol. The highest BCUT2D eigenvalue weighted by Gasteiger charge is 2.69. The summed E-state index contributed by atoms with van der Waals surface area (Å²) in [6, 6.07) is 20.3. The smallest absolute Gasteiger partial charge is 0.307 e. The second-order valence-electron chi connectivity index (χ2n) is 8.32. The number of rotatable bonds is 14. The molecule has 1 saturated heterocycles. The molecule has 2 aromatic rings. The van der Waals surface area contributed by atoms with Crippen LogP contribution in [0.5, 0.6) is 0 Å². The van der Waals surface area contributed by atoms with Crippen molar-refractivity contribution >= 4 is 15.2 Å². The summed E-state index contributed by atoms with van der Waals surface area (Å²) in [6.45, 7) is 7.97. The first-order chi connectivity index (χ1) is 16.8. The van der Waals surface area contributed by atoms with Gasteiger partial charge in [0.25, 0.3) is 0 Å². The van der Waals surface area contributed by atoms with Crippen molar-refractivity contribution in [2.45, 2.75) is 38.8 Å². The van der Waals surface area contributed by atoms with Crippen LogP contribution in [0.1, 0.15) is 44.9 Å². The fourth-order valence-corrected chi connectivity index (χ4v) is 10.1. The molecule has 0 aromatic heterocycles. The molecule has 3 rings (SSSR count). The van der Waals surface area contributed by atoms with Gasteiger partial charge in [-0.1, -0.05) is 60.7 Å². The summed E-state index contributed by atoms with van der Waals surface area (Å²) < 4.78 is 50.9. The molecular weight excluding hydrogens is 486 g/mol. The molecule has 2 N–H and O–H groups in total. The summed E-state index contributed by atoms with van der Waals surface area (Å²) >= 11 is 0. The number of nitrogens with two attached hydrogens (primary N) is 1. The normalized spacial score (nSPS) is 15.9. The molecule has 35 heavy (non-hydrogen) atoms. The van der Waals surface area contributed by atoms with E-state index in [1.54, 1.807) is 27.7 Å². The van der Waals surface area contributed by atoms with Crippen molar-refractivity contribution < 1.29 is 27.2 Å². The predicted molar refractivity (Wildman–Crippen MR) is 138 cm³/mol. The maximum atomic E-state index is 14.2. The van der Waals surface area contributed by atoms with E-state index in [0.717, 1.165) is 11.1 Å². The fourth-order valence-electron chi connectivity index (χ4n) is 4.64. The van der Waals surface area contributed by atoms with Gasteiger partial charge in [-0.2, -0.15) is 0 Å². The summed E-state index contributed by atoms with van der Waals surface area (Å²) in [5.41, 5.74) is 9.13. The maximum absolute atomic E-state index is 14.2. The minimum Gasteiger partial charge on any atom is -0.307 e. The van der Waals surface area contributed by atoms with Crippen LogP contribution in [0, 0.1) is 5.92 Å². The SMILES string of the molecule is CCOP(=O)(OCC)C(N)(C1CN(C(c2ccccc2)c2ccccc2)C1)P(=O)(OCC)OCC. The zero-order valence-corrected chi connectivity index (χ0v) is 22.8. The van der Waals surface area contributed by atoms with Crippen molar-refractivity contribution in [3.8, 4) is 0 Å². The average Bonchev–Trinajstić information content (AvgIpc) is 2.82. The molecular formula is C25H38N2O6P2. The van der Waals surface area contributed by atoms with Gasteiger partial charge in [0.2, 0.25) is 5.02 Å². The fraction of sp³-hybridized carbons (Fsp3) is 0.520. The first-order valence-corrected chi connectivity index (χ1v) is 15.3. The number of hydrogen-bond acceptors (Lipinski definition) is 8. The third-order valence-corrected chi connectivity index (χ3v) is 12.5. The second kappa shape index (κ2) is 12.3. The highest BCUT2D eigenvalue weighted by Crippen LogP contribution is 2.78. The summed E-state index contributed by atoms with van der Waals surface area (Å²) in [5, 5.41) is -1.95. The Morgan fingerprint density at radius 1 is 0.771 bits per heavy atom. The van der Waals surface area contributed by atoms with Gasteiger partial charge in [-0.25, -0.2) is 0 Å². The molecule has 194 valence electrons. The van der Waals surface area contributed by atoms with Gasteiger partial charge in [0, 0.05) is 19.0 Å². The van der Waals surface area contributed by atoms with Crippen LogP contribution in [-0.4, -0.2) is 49.4 Å². The average molecular weight is 525 g/mol. The second-order valence-corrected chi connectivity index (χ2v) is 13.2. The molecule has 0 saturated carbocycles. The summed E-state index contributed by atoms with van der Waals surface area (Å²) in [6.07, 6.45) is 0. The Kier molecular flexibility index (Phi) is 9.90. The molecule has 1 fully saturated rings. The van der Waals surface area contributed by atoms with E-state index in [9.17, 15) is 9.13 Å². The molecule has 2 aromatic carbocycles. The lowest BCUT2D eigenvalue weighted by Crippen LogP contribution is -2.62. The molecule has 1 heterocycles. The number of benzene rings is 2. The standard InChI is InChI=1S/C25H38N2O6P2/c1-5-30-34(28,31-6-2)25(26,35(29,32-7-3)33-8-4)23-19-27(20-23)24(21-15-11-9-12-16-21)22-17-13-10-14-18-22/h9-18,23-24H,5-8,19-20,26H2,1-4H3. The third kappa shape index (κ3) is 5.51. The zero-order valence-electron chi connectivity index (χ0n) is 21.0. The van der Waals surface area contributed by atoms with E-state index in [1.807, 2.05) is 36.4 Å². The van der Waals surface area contributed by atoms with E-state index in [2.05, 4.69) is 29.2 Å². The van der Waals surface area contributed by atoms with E-state index < -0.39 is 26.1 Å². The molecule has 1 aliphatic heterocycles. The number of nitrogens with zero attached hydrogens (tertiary/aromatic N) is 1. The summed E-state index contributed by atoms with van der Waals surface area (Å²) in [4.78, 5) is 2.22. The number of likely N-dealkylation sites (tertiary alicyclic amines) is 1. The Bertz CT molecular complexity index is 928. The quantitative estimate of drug-likeness (QED) is 0.307. The minimum atomic E-state index is -4.11. The van der Waals surface area contributed by atoms with Gasteiger partial charge in [0.15, 0.2) is 0 Å². The zero-order chi connectivity index (χ0) is 25.5. The molecule has 1 aliphatic rings. The van der Waals surface area contributed by atoms with Crippen molar-refractivity contribution in [1.29, 1.82) is 0 Å². The van der Waals surface area contributed by atoms with Crippen molar-refractivity contribution in [2.24, 2.45) is 11.7 Å². The van der Waals surface area contributed by atoms with Gasteiger partial charge in [0.05, 0.1) is 32.5 Å². The van der Waals surface area contributed by atoms with Gasteiger partial charge < -0.3 is 23.8 Å². The van der Waals surface area contributed by atoms with E-state index in [1.165, 1.54) is 0 Å². The highest BCUT2D eigenvalue weighted by atomic mass is 31.2. The lowest BCUT2D eigenvalue weighted by atomic mass is 9.90. The summed E-state index contributed by atoms with van der Waals surface area (Å²) in [5.74, 6) is -0.509. The Hall–Kier alpha value is -1.34. The van der Waals surface area contributed by atoms with Gasteiger partial charge in [0.1, 0.15) is 0 Å². The van der Waals surface area contributed by atoms with E-state index in [-0.39, 0.29) is 32.5 Å². The van der Waals surface area contributed by atoms with E-state index in [0.29, 0.717) is 13.1 Å². The van der Waals surface area contributed by atoms with Crippen molar-refractivity contribution in [2.75, 3.05) is 39.5 Å². The van der Waals surface area contributed by atoms with Crippen LogP contribution in [0.3, 0.4) is 0 Å². The van der Waals surface area contributed by atoms with Crippen LogP contribution in [0.4, 0.5) is 0 Å². The lowest BCUT2D eigenvalue weighted by Gasteiger charge is -2.53. The molecule has 10 heteroatoms. The molecule has 0 radical (unpaired) electrons. The Balaban J connectivity index is 2.02. The number of hydrogen-bond donors (Lipinski definition) is 1. The van der Waals surface area contributed by atoms with E-state index >= 15 is 0 Å². The van der Waals surface area contributed by atoms with Gasteiger partial charge >= 0.3 is 15.2 Å². The van der Waals surface area contributed by atoms with Gasteiger partial charge in [-0.15, -0.1) is 0 Å². The Morgan fingerprint density at radius 2 is 1.11 bits per heavy atom. The van der Waals surface area contributed by atoms with E-state index in [4.69, 9.17) is 23.8 Å². The molecule has 8 nitrogen and oxygen atoms in total. The molecule has 0 unspecified atom stereocenters. The van der Waals surface area contributed by atoms with Gasteiger partial charge in [-0.3, -0.25) is 14.0 Å². The Morgan fingerprint density at radius 3 is 1.43 bits per heavy atom. The van der Waals surface area contributed by atoms with Crippen LogP contribution in [0.15, 0.2) is 60.7 Å². The van der Waals surface area contributed by atoms with Crippen molar-refractivity contribution in [3.63, 3.8) is 0 Å². The van der Waals surface area contributed by atoms with Crippen LogP contribution < -0.4 is 5.73 Å². The first kappa shape index (κ1) is 28.2. The minimum absolute atomic E-state index is 0.0463. The molecule has 0 aliphatic carbocycles. The van der Waals surface area contributed by atoms with Gasteiger partial charge in [-0.05, 0) is 38.8 Å². The molecule has 0 bridgehead atoms. The third-order valence-electron chi connectivity index (χ3n) is 6.18. The van der Waals surface area contributed by atoms with Crippen molar-refractivity contribution in [3.05, 3.63) is 71.8 Å². The molecule has 0 amide bonds. The largest absolute Gasteiger partial charge is 0.363 e. The van der Waals surface area contributed by atoms with Crippen molar-refractivity contribution in [1.82, 2.24) is 4.90 Å². The predicted octanol–water partition coefficient (Wildman–Crippen LogP) is 5.85. The molecule has 0 spiro atoms. The van der Waals surface area contributed by atoms with Crippen LogP contribution in [0.2, 0.25) is 0 Å². The summed E-state index contributed by atoms with van der Waals surface area (Å²) in [7, 11) is -8.21. The maximum Gasteiger partial charge on any atom is 0.363 e. The Labute approximate surface area is 209 Å². The molecule has 0 atom stereocenters. The van der Waals surface area contributed by atoms with Crippen LogP contribution in [0.25, 0.3) is 0 Å². The topological polar surface area (TPSA) is 100 Å². The van der Waals surface area contributed by atoms with Crippen LogP contribution in [-0.2, 0) is 27.2 Å².